The lowest BCUT2D eigenvalue weighted by Crippen LogP contribution is -2.49. The van der Waals surface area contributed by atoms with E-state index >= 15 is 0 Å². The first kappa shape index (κ1) is 34.1. The van der Waals surface area contributed by atoms with E-state index in [1.54, 1.807) is 18.2 Å². The number of phenols is 2. The first-order valence-electron chi connectivity index (χ1n) is 15.6. The molecule has 250 valence electrons. The first-order valence-corrected chi connectivity index (χ1v) is 15.6. The van der Waals surface area contributed by atoms with Gasteiger partial charge in [-0.3, -0.25) is 14.4 Å². The van der Waals surface area contributed by atoms with E-state index in [-0.39, 0.29) is 24.3 Å². The molecule has 0 unspecified atom stereocenters. The molecule has 0 saturated carbocycles. The number of phenolic OH excluding ortho intramolecular Hbond substituents is 2. The largest absolute Gasteiger partial charge is 0.504 e. The second kappa shape index (κ2) is 15.5. The summed E-state index contributed by atoms with van der Waals surface area (Å²) in [6, 6.07) is 36.1. The quantitative estimate of drug-likeness (QED) is 0.0801. The van der Waals surface area contributed by atoms with Crippen LogP contribution in [0.25, 0.3) is 0 Å². The normalized spacial score (nSPS) is 11.6. The van der Waals surface area contributed by atoms with Crippen molar-refractivity contribution in [3.05, 3.63) is 150 Å². The van der Waals surface area contributed by atoms with Crippen LogP contribution in [0.15, 0.2) is 127 Å². The van der Waals surface area contributed by atoms with Gasteiger partial charge in [-0.1, -0.05) is 91.0 Å². The van der Waals surface area contributed by atoms with Gasteiger partial charge in [-0.05, 0) is 53.4 Å². The summed E-state index contributed by atoms with van der Waals surface area (Å²) >= 11 is 0. The molecule has 0 bridgehead atoms. The van der Waals surface area contributed by atoms with E-state index < -0.39 is 34.9 Å². The van der Waals surface area contributed by atoms with Crippen LogP contribution in [-0.2, 0) is 15.1 Å². The summed E-state index contributed by atoms with van der Waals surface area (Å²) < 4.78 is 10.7. The maximum atomic E-state index is 14.0. The highest BCUT2D eigenvalue weighted by molar-refractivity contribution is 6.02. The lowest BCUT2D eigenvalue weighted by molar-refractivity contribution is -0.123. The number of carbonyl (C=O) groups excluding carboxylic acids is 3. The van der Waals surface area contributed by atoms with Crippen LogP contribution in [0, 0.1) is 0 Å². The number of nitrogens with one attached hydrogen (secondary N) is 3. The number of rotatable bonds is 13. The SMILES string of the molecule is COc1ccc(OC)c(NC(=O)[C@H](CCC(=O)NC(c2ccccc2)(c2ccccc2)c2ccccc2)NC(=O)c2ccc(O)c(O)c2)c1. The van der Waals surface area contributed by atoms with Gasteiger partial charge >= 0.3 is 0 Å². The fourth-order valence-electron chi connectivity index (χ4n) is 5.63. The smallest absolute Gasteiger partial charge is 0.252 e. The van der Waals surface area contributed by atoms with Crippen molar-refractivity contribution in [2.75, 3.05) is 19.5 Å². The summed E-state index contributed by atoms with van der Waals surface area (Å²) in [5, 5.41) is 28.4. The minimum Gasteiger partial charge on any atom is -0.504 e. The molecule has 0 aliphatic heterocycles. The first-order chi connectivity index (χ1) is 23.7. The molecule has 10 nitrogen and oxygen atoms in total. The Hall–Kier alpha value is -6.29. The van der Waals surface area contributed by atoms with Gasteiger partial charge in [0, 0.05) is 18.1 Å². The number of ether oxygens (including phenoxy) is 2. The summed E-state index contributed by atoms with van der Waals surface area (Å²) in [5.74, 6) is -1.74. The Kier molecular flexibility index (Phi) is 10.8. The highest BCUT2D eigenvalue weighted by Gasteiger charge is 2.38. The van der Waals surface area contributed by atoms with Crippen molar-refractivity contribution in [3.8, 4) is 23.0 Å². The zero-order valence-corrected chi connectivity index (χ0v) is 27.1. The molecule has 5 aromatic carbocycles. The molecule has 0 fully saturated rings. The van der Waals surface area contributed by atoms with Crippen LogP contribution in [0.1, 0.15) is 39.9 Å². The summed E-state index contributed by atoms with van der Waals surface area (Å²) in [7, 11) is 2.94. The van der Waals surface area contributed by atoms with Crippen LogP contribution in [-0.4, -0.2) is 48.2 Å². The van der Waals surface area contributed by atoms with E-state index in [9.17, 15) is 24.6 Å². The number of hydrogen-bond donors (Lipinski definition) is 5. The van der Waals surface area contributed by atoms with E-state index in [0.717, 1.165) is 22.8 Å². The maximum absolute atomic E-state index is 14.0. The van der Waals surface area contributed by atoms with Crippen molar-refractivity contribution < 1.29 is 34.1 Å². The second-order valence-electron chi connectivity index (χ2n) is 11.2. The Labute approximate surface area is 284 Å². The minimum absolute atomic E-state index is 0.00719. The summed E-state index contributed by atoms with van der Waals surface area (Å²) in [6.45, 7) is 0. The van der Waals surface area contributed by atoms with E-state index in [4.69, 9.17) is 9.47 Å². The molecular weight excluding hydrogens is 622 g/mol. The number of benzene rings is 5. The van der Waals surface area contributed by atoms with Crippen molar-refractivity contribution in [1.82, 2.24) is 10.6 Å². The average Bonchev–Trinajstić information content (AvgIpc) is 3.14. The van der Waals surface area contributed by atoms with Crippen molar-refractivity contribution in [2.24, 2.45) is 0 Å². The van der Waals surface area contributed by atoms with Gasteiger partial charge in [0.05, 0.1) is 19.9 Å². The molecule has 0 saturated heterocycles. The van der Waals surface area contributed by atoms with Gasteiger partial charge in [-0.2, -0.15) is 0 Å². The van der Waals surface area contributed by atoms with E-state index in [2.05, 4.69) is 16.0 Å². The molecule has 5 rings (SSSR count). The molecule has 0 heterocycles. The molecule has 0 aliphatic rings. The number of amides is 3. The van der Waals surface area contributed by atoms with Crippen LogP contribution < -0.4 is 25.4 Å². The van der Waals surface area contributed by atoms with Crippen LogP contribution in [0.3, 0.4) is 0 Å². The van der Waals surface area contributed by atoms with Gasteiger partial charge < -0.3 is 35.6 Å². The molecule has 0 radical (unpaired) electrons. The lowest BCUT2D eigenvalue weighted by atomic mass is 9.77. The molecule has 0 spiro atoms. The molecule has 3 amide bonds. The fourth-order valence-corrected chi connectivity index (χ4v) is 5.63. The molecular formula is C39H37N3O7. The number of anilines is 1. The maximum Gasteiger partial charge on any atom is 0.252 e. The fraction of sp³-hybridized carbons (Fsp3) is 0.154. The summed E-state index contributed by atoms with van der Waals surface area (Å²) in [4.78, 5) is 41.1. The molecule has 10 heteroatoms. The predicted molar refractivity (Wildman–Crippen MR) is 186 cm³/mol. The third-order valence-electron chi connectivity index (χ3n) is 8.13. The number of hydrogen-bond acceptors (Lipinski definition) is 7. The minimum atomic E-state index is -1.20. The van der Waals surface area contributed by atoms with Gasteiger partial charge in [0.1, 0.15) is 23.1 Å². The molecule has 0 aliphatic carbocycles. The Balaban J connectivity index is 1.46. The molecule has 5 N–H and O–H groups in total. The Morgan fingerprint density at radius 3 is 1.78 bits per heavy atom. The van der Waals surface area contributed by atoms with E-state index in [0.29, 0.717) is 17.2 Å². The molecule has 0 aromatic heterocycles. The van der Waals surface area contributed by atoms with Crippen molar-refractivity contribution in [3.63, 3.8) is 0 Å². The van der Waals surface area contributed by atoms with Gasteiger partial charge in [-0.15, -0.1) is 0 Å². The van der Waals surface area contributed by atoms with Gasteiger partial charge in [0.2, 0.25) is 11.8 Å². The van der Waals surface area contributed by atoms with Gasteiger partial charge in [0.15, 0.2) is 11.5 Å². The summed E-state index contributed by atoms with van der Waals surface area (Å²) in [6.07, 6.45) is -0.239. The van der Waals surface area contributed by atoms with Crippen molar-refractivity contribution >= 4 is 23.4 Å². The Morgan fingerprint density at radius 1 is 0.694 bits per heavy atom. The van der Waals surface area contributed by atoms with E-state index in [1.807, 2.05) is 91.0 Å². The molecule has 49 heavy (non-hydrogen) atoms. The third kappa shape index (κ3) is 7.82. The standard InChI is InChI=1S/C39H37N3O7/c1-48-30-19-22-35(49-2)32(25-30)41-38(47)31(40-37(46)26-18-21-33(43)34(44)24-26)20-23-36(45)42-39(27-12-6-3-7-13-27,28-14-8-4-9-15-28)29-16-10-5-11-17-29/h3-19,21-22,24-25,31,43-44H,20,23H2,1-2H3,(H,40,46)(H,41,47)(H,42,45)/t31-/m0/s1. The van der Waals surface area contributed by atoms with Gasteiger partial charge in [0.25, 0.3) is 5.91 Å². The van der Waals surface area contributed by atoms with Crippen LogP contribution in [0.2, 0.25) is 0 Å². The molecule has 1 atom stereocenters. The average molecular weight is 660 g/mol. The highest BCUT2D eigenvalue weighted by Crippen LogP contribution is 2.37. The third-order valence-corrected chi connectivity index (χ3v) is 8.13. The number of carbonyl (C=O) groups is 3. The van der Waals surface area contributed by atoms with Crippen LogP contribution in [0.4, 0.5) is 5.69 Å². The lowest BCUT2D eigenvalue weighted by Gasteiger charge is -2.37. The van der Waals surface area contributed by atoms with E-state index in [1.165, 1.54) is 26.4 Å². The Bertz CT molecular complexity index is 1800. The number of methoxy groups -OCH3 is 2. The van der Waals surface area contributed by atoms with Crippen LogP contribution in [0.5, 0.6) is 23.0 Å². The monoisotopic (exact) mass is 659 g/mol. The van der Waals surface area contributed by atoms with Gasteiger partial charge in [-0.25, -0.2) is 0 Å². The van der Waals surface area contributed by atoms with Crippen molar-refractivity contribution in [1.29, 1.82) is 0 Å². The Morgan fingerprint density at radius 2 is 1.27 bits per heavy atom. The van der Waals surface area contributed by atoms with Crippen molar-refractivity contribution in [2.45, 2.75) is 24.4 Å². The molecule has 5 aromatic rings. The highest BCUT2D eigenvalue weighted by atomic mass is 16.5. The topological polar surface area (TPSA) is 146 Å². The number of aromatic hydroxyl groups is 2. The predicted octanol–water partition coefficient (Wildman–Crippen LogP) is 5.74. The zero-order chi connectivity index (χ0) is 34.8. The second-order valence-corrected chi connectivity index (χ2v) is 11.2. The summed E-state index contributed by atoms with van der Waals surface area (Å²) in [5.41, 5.74) is 1.74. The zero-order valence-electron chi connectivity index (χ0n) is 27.1. The van der Waals surface area contributed by atoms with Crippen LogP contribution >= 0.6 is 0 Å².